The fourth-order valence-electron chi connectivity index (χ4n) is 9.46. The van der Waals surface area contributed by atoms with E-state index >= 15 is 0 Å². The average molecular weight is 795 g/mol. The molecule has 3 heteroatoms. The molecule has 2 nitrogen and oxygen atoms in total. The van der Waals surface area contributed by atoms with Crippen molar-refractivity contribution >= 4 is 81.1 Å². The molecule has 0 fully saturated rings. The highest BCUT2D eigenvalue weighted by molar-refractivity contribution is 7.26. The van der Waals surface area contributed by atoms with Crippen molar-refractivity contribution < 1.29 is 0 Å². The summed E-state index contributed by atoms with van der Waals surface area (Å²) in [4.78, 5) is 2.48. The number of benzene rings is 10. The summed E-state index contributed by atoms with van der Waals surface area (Å²) in [6.45, 7) is 0. The van der Waals surface area contributed by atoms with E-state index < -0.39 is 0 Å². The third-order valence-corrected chi connectivity index (χ3v) is 13.4. The van der Waals surface area contributed by atoms with Crippen LogP contribution in [0.4, 0.5) is 17.1 Å². The Bertz CT molecular complexity index is 3590. The summed E-state index contributed by atoms with van der Waals surface area (Å²) in [6, 6.07) is 84.3. The molecule has 0 bridgehead atoms. The lowest BCUT2D eigenvalue weighted by atomic mass is 9.90. The highest BCUT2D eigenvalue weighted by atomic mass is 32.1. The molecule has 61 heavy (non-hydrogen) atoms. The SMILES string of the molecule is c1ccc(-c2cc(N(c3ccc4c5ccccc5n(-c5ccccc5)c4c3)c3ccccc3-c3cccc4c3sc3ccccc34)ccc2-c2cccc3ccccc23)cc1. The third-order valence-electron chi connectivity index (χ3n) is 12.2. The first-order valence-corrected chi connectivity index (χ1v) is 21.7. The van der Waals surface area contributed by atoms with Gasteiger partial charge in [-0.05, 0) is 87.6 Å². The van der Waals surface area contributed by atoms with Crippen LogP contribution in [-0.2, 0) is 0 Å². The number of aromatic nitrogens is 1. The number of anilines is 3. The van der Waals surface area contributed by atoms with Crippen LogP contribution in [0.15, 0.2) is 231 Å². The first-order chi connectivity index (χ1) is 30.3. The smallest absolute Gasteiger partial charge is 0.0561 e. The summed E-state index contributed by atoms with van der Waals surface area (Å²) >= 11 is 1.88. The molecule has 286 valence electrons. The highest BCUT2D eigenvalue weighted by Crippen LogP contribution is 2.48. The second-order valence-corrected chi connectivity index (χ2v) is 16.7. The zero-order valence-corrected chi connectivity index (χ0v) is 34.1. The monoisotopic (exact) mass is 794 g/mol. The van der Waals surface area contributed by atoms with Gasteiger partial charge in [0.15, 0.2) is 0 Å². The molecular weight excluding hydrogens is 757 g/mol. The van der Waals surface area contributed by atoms with Gasteiger partial charge in [0.1, 0.15) is 0 Å². The maximum absolute atomic E-state index is 2.48. The standard InChI is InChI=1S/C58H38N2S/c1-3-17-40(18-4-1)53-37-42(33-35-46(53)45-27-15-20-39-19-7-8-23-44(39)45)59(43-34-36-49-47-24-9-13-31-55(47)60(56(49)38-43)41-21-5-2-6-22-41)54-30-12-10-25-48(54)51-28-16-29-52-50-26-11-14-32-57(50)61-58(51)52/h1-38H. The van der Waals surface area contributed by atoms with Gasteiger partial charge in [0.25, 0.3) is 0 Å². The van der Waals surface area contributed by atoms with Crippen LogP contribution in [0.5, 0.6) is 0 Å². The molecule has 0 amide bonds. The van der Waals surface area contributed by atoms with Crippen molar-refractivity contribution in [2.75, 3.05) is 4.90 Å². The first kappa shape index (κ1) is 35.2. The maximum atomic E-state index is 2.48. The van der Waals surface area contributed by atoms with Crippen LogP contribution >= 0.6 is 11.3 Å². The van der Waals surface area contributed by atoms with Crippen molar-refractivity contribution in [1.29, 1.82) is 0 Å². The summed E-state index contributed by atoms with van der Waals surface area (Å²) < 4.78 is 5.01. The largest absolute Gasteiger partial charge is 0.310 e. The normalized spacial score (nSPS) is 11.6. The van der Waals surface area contributed by atoms with Crippen LogP contribution in [0.25, 0.3) is 91.8 Å². The predicted molar refractivity (Wildman–Crippen MR) is 262 cm³/mol. The number of rotatable bonds is 7. The van der Waals surface area contributed by atoms with E-state index in [-0.39, 0.29) is 0 Å². The second-order valence-electron chi connectivity index (χ2n) is 15.6. The van der Waals surface area contributed by atoms with Crippen molar-refractivity contribution in [1.82, 2.24) is 4.57 Å². The number of thiophene rings is 1. The molecule has 0 aliphatic carbocycles. The van der Waals surface area contributed by atoms with Gasteiger partial charge in [-0.15, -0.1) is 11.3 Å². The molecule has 0 unspecified atom stereocenters. The fraction of sp³-hybridized carbons (Fsp3) is 0. The van der Waals surface area contributed by atoms with Gasteiger partial charge in [0.05, 0.1) is 16.7 Å². The maximum Gasteiger partial charge on any atom is 0.0561 e. The summed E-state index contributed by atoms with van der Waals surface area (Å²) in [7, 11) is 0. The predicted octanol–water partition coefficient (Wildman–Crippen LogP) is 16.8. The molecule has 0 radical (unpaired) electrons. The van der Waals surface area contributed by atoms with Gasteiger partial charge < -0.3 is 9.47 Å². The molecule has 2 aromatic heterocycles. The van der Waals surface area contributed by atoms with Gasteiger partial charge in [0, 0.05) is 59.1 Å². The van der Waals surface area contributed by atoms with E-state index in [1.807, 2.05) is 11.3 Å². The van der Waals surface area contributed by atoms with Crippen LogP contribution in [0, 0.1) is 0 Å². The summed E-state index contributed by atoms with van der Waals surface area (Å²) in [6.07, 6.45) is 0. The minimum Gasteiger partial charge on any atom is -0.310 e. The van der Waals surface area contributed by atoms with E-state index in [4.69, 9.17) is 0 Å². The summed E-state index contributed by atoms with van der Waals surface area (Å²) in [5.41, 5.74) is 14.0. The van der Waals surface area contributed by atoms with Gasteiger partial charge >= 0.3 is 0 Å². The highest BCUT2D eigenvalue weighted by Gasteiger charge is 2.23. The average Bonchev–Trinajstić information content (AvgIpc) is 3.88. The Labute approximate surface area is 358 Å². The molecule has 0 saturated heterocycles. The Morgan fingerprint density at radius 2 is 0.951 bits per heavy atom. The van der Waals surface area contributed by atoms with E-state index in [1.165, 1.54) is 80.6 Å². The zero-order valence-electron chi connectivity index (χ0n) is 33.2. The molecule has 10 aromatic carbocycles. The summed E-state index contributed by atoms with van der Waals surface area (Å²) in [5.74, 6) is 0. The Hall–Kier alpha value is -7.72. The van der Waals surface area contributed by atoms with Crippen molar-refractivity contribution in [2.24, 2.45) is 0 Å². The topological polar surface area (TPSA) is 8.17 Å². The van der Waals surface area contributed by atoms with Gasteiger partial charge in [-0.2, -0.15) is 0 Å². The molecule has 0 saturated carbocycles. The molecule has 12 aromatic rings. The van der Waals surface area contributed by atoms with E-state index in [1.54, 1.807) is 0 Å². The zero-order chi connectivity index (χ0) is 40.3. The molecule has 2 heterocycles. The van der Waals surface area contributed by atoms with E-state index in [2.05, 4.69) is 240 Å². The number of hydrogen-bond acceptors (Lipinski definition) is 2. The van der Waals surface area contributed by atoms with Crippen LogP contribution < -0.4 is 4.90 Å². The lowest BCUT2D eigenvalue weighted by Gasteiger charge is -2.29. The van der Waals surface area contributed by atoms with E-state index in [9.17, 15) is 0 Å². The van der Waals surface area contributed by atoms with Crippen LogP contribution in [-0.4, -0.2) is 4.57 Å². The number of para-hydroxylation sites is 3. The molecule has 0 spiro atoms. The van der Waals surface area contributed by atoms with Gasteiger partial charge in [-0.25, -0.2) is 0 Å². The molecule has 12 rings (SSSR count). The Morgan fingerprint density at radius 1 is 0.344 bits per heavy atom. The Balaban J connectivity index is 1.15. The quantitative estimate of drug-likeness (QED) is 0.156. The van der Waals surface area contributed by atoms with Crippen LogP contribution in [0.2, 0.25) is 0 Å². The van der Waals surface area contributed by atoms with E-state index in [0.717, 1.165) is 28.3 Å². The van der Waals surface area contributed by atoms with E-state index in [0.29, 0.717) is 0 Å². The molecule has 0 aliphatic heterocycles. The van der Waals surface area contributed by atoms with Crippen molar-refractivity contribution in [2.45, 2.75) is 0 Å². The lowest BCUT2D eigenvalue weighted by molar-refractivity contribution is 1.18. The van der Waals surface area contributed by atoms with Gasteiger partial charge in [-0.3, -0.25) is 0 Å². The number of nitrogens with zero attached hydrogens (tertiary/aromatic N) is 2. The van der Waals surface area contributed by atoms with Crippen molar-refractivity contribution in [3.8, 4) is 39.1 Å². The number of hydrogen-bond donors (Lipinski definition) is 0. The molecule has 0 N–H and O–H groups in total. The minimum absolute atomic E-state index is 1.08. The summed E-state index contributed by atoms with van der Waals surface area (Å²) in [5, 5.41) is 7.53. The Morgan fingerprint density at radius 3 is 1.84 bits per heavy atom. The minimum atomic E-state index is 1.08. The van der Waals surface area contributed by atoms with Crippen molar-refractivity contribution in [3.05, 3.63) is 231 Å². The third kappa shape index (κ3) is 5.85. The van der Waals surface area contributed by atoms with Gasteiger partial charge in [0.2, 0.25) is 0 Å². The molecule has 0 atom stereocenters. The first-order valence-electron chi connectivity index (χ1n) is 20.8. The lowest BCUT2D eigenvalue weighted by Crippen LogP contribution is -2.12. The molecule has 0 aliphatic rings. The van der Waals surface area contributed by atoms with Gasteiger partial charge in [-0.1, -0.05) is 176 Å². The van der Waals surface area contributed by atoms with Crippen LogP contribution in [0.3, 0.4) is 0 Å². The molecular formula is C58H38N2S. The van der Waals surface area contributed by atoms with Crippen molar-refractivity contribution in [3.63, 3.8) is 0 Å². The fourth-order valence-corrected chi connectivity index (χ4v) is 10.7. The Kier molecular flexibility index (Phi) is 8.39. The van der Waals surface area contributed by atoms with Crippen LogP contribution in [0.1, 0.15) is 0 Å². The second kappa shape index (κ2) is 14.5. The number of fused-ring (bicyclic) bond motifs is 7.